The molecule has 1 heterocycles. The van der Waals surface area contributed by atoms with Gasteiger partial charge in [0.15, 0.2) is 6.61 Å². The molecule has 0 aliphatic heterocycles. The van der Waals surface area contributed by atoms with E-state index < -0.39 is 11.6 Å². The van der Waals surface area contributed by atoms with Crippen LogP contribution in [0.1, 0.15) is 36.5 Å². The summed E-state index contributed by atoms with van der Waals surface area (Å²) >= 11 is 5.81. The van der Waals surface area contributed by atoms with Crippen LogP contribution in [0.2, 0.25) is 5.02 Å². The van der Waals surface area contributed by atoms with Crippen molar-refractivity contribution in [2.45, 2.75) is 33.3 Å². The molecule has 3 aromatic rings. The summed E-state index contributed by atoms with van der Waals surface area (Å²) in [5.74, 6) is 0.302. The molecule has 6 heteroatoms. The van der Waals surface area contributed by atoms with Crippen molar-refractivity contribution in [3.63, 3.8) is 0 Å². The minimum Gasteiger partial charge on any atom is -0.482 e. The molecule has 0 bridgehead atoms. The van der Waals surface area contributed by atoms with Crippen LogP contribution in [0.15, 0.2) is 51.7 Å². The highest BCUT2D eigenvalue weighted by Crippen LogP contribution is 2.27. The Morgan fingerprint density at radius 1 is 1.14 bits per heavy atom. The second-order valence-electron chi connectivity index (χ2n) is 6.85. The van der Waals surface area contributed by atoms with E-state index in [0.717, 1.165) is 16.5 Å². The Labute approximate surface area is 167 Å². The molecule has 0 amide bonds. The zero-order chi connectivity index (χ0) is 20.3. The van der Waals surface area contributed by atoms with Gasteiger partial charge in [-0.1, -0.05) is 25.4 Å². The molecule has 0 atom stereocenters. The first-order chi connectivity index (χ1) is 13.3. The van der Waals surface area contributed by atoms with Crippen LogP contribution in [0.3, 0.4) is 0 Å². The standard InChI is InChI=1S/C22H21ClO5/c1-13(2)18-10-19-15(9-21(24)28-20(19)8-14(18)3)11-27-22(25)12-26-17-6-4-16(23)5-7-17/h4-10,13H,11-12H2,1-3H3. The first kappa shape index (κ1) is 20.0. The van der Waals surface area contributed by atoms with Gasteiger partial charge in [-0.15, -0.1) is 0 Å². The molecule has 0 saturated heterocycles. The van der Waals surface area contributed by atoms with Gasteiger partial charge in [-0.3, -0.25) is 0 Å². The maximum absolute atomic E-state index is 12.0. The van der Waals surface area contributed by atoms with E-state index in [-0.39, 0.29) is 13.2 Å². The van der Waals surface area contributed by atoms with Crippen LogP contribution >= 0.6 is 11.6 Å². The summed E-state index contributed by atoms with van der Waals surface area (Å²) in [6.07, 6.45) is 0. The number of benzene rings is 2. The smallest absolute Gasteiger partial charge is 0.344 e. The summed E-state index contributed by atoms with van der Waals surface area (Å²) in [4.78, 5) is 23.9. The first-order valence-electron chi connectivity index (χ1n) is 8.94. The number of hydrogen-bond donors (Lipinski definition) is 0. The molecular formula is C22H21ClO5. The van der Waals surface area contributed by atoms with E-state index in [1.807, 2.05) is 19.1 Å². The topological polar surface area (TPSA) is 65.7 Å². The van der Waals surface area contributed by atoms with Crippen LogP contribution in [-0.2, 0) is 16.1 Å². The largest absolute Gasteiger partial charge is 0.482 e. The van der Waals surface area contributed by atoms with Crippen molar-refractivity contribution < 1.29 is 18.7 Å². The summed E-state index contributed by atoms with van der Waals surface area (Å²) in [6.45, 7) is 5.90. The van der Waals surface area contributed by atoms with E-state index in [9.17, 15) is 9.59 Å². The van der Waals surface area contributed by atoms with Crippen molar-refractivity contribution in [3.8, 4) is 5.75 Å². The fourth-order valence-electron chi connectivity index (χ4n) is 3.01. The van der Waals surface area contributed by atoms with Gasteiger partial charge in [-0.2, -0.15) is 0 Å². The third-order valence-corrected chi connectivity index (χ3v) is 4.65. The highest BCUT2D eigenvalue weighted by Gasteiger charge is 2.13. The highest BCUT2D eigenvalue weighted by atomic mass is 35.5. The summed E-state index contributed by atoms with van der Waals surface area (Å²) < 4.78 is 16.0. The number of ether oxygens (including phenoxy) is 2. The van der Waals surface area contributed by atoms with Crippen LogP contribution in [0.4, 0.5) is 0 Å². The number of rotatable bonds is 6. The molecule has 0 unspecified atom stereocenters. The van der Waals surface area contributed by atoms with E-state index in [0.29, 0.717) is 27.8 Å². The highest BCUT2D eigenvalue weighted by molar-refractivity contribution is 6.30. The summed E-state index contributed by atoms with van der Waals surface area (Å²) in [5, 5.41) is 1.35. The molecule has 5 nitrogen and oxygen atoms in total. The van der Waals surface area contributed by atoms with E-state index in [1.54, 1.807) is 24.3 Å². The molecule has 0 saturated carbocycles. The number of aryl methyl sites for hydroxylation is 1. The van der Waals surface area contributed by atoms with Gasteiger partial charge in [-0.05, 0) is 60.4 Å². The third kappa shape index (κ3) is 4.73. The third-order valence-electron chi connectivity index (χ3n) is 4.40. The molecule has 0 radical (unpaired) electrons. The summed E-state index contributed by atoms with van der Waals surface area (Å²) in [7, 11) is 0. The Kier molecular flexibility index (Phi) is 6.05. The lowest BCUT2D eigenvalue weighted by molar-refractivity contribution is -0.147. The lowest BCUT2D eigenvalue weighted by atomic mass is 9.95. The molecule has 28 heavy (non-hydrogen) atoms. The lowest BCUT2D eigenvalue weighted by Crippen LogP contribution is -2.15. The van der Waals surface area contributed by atoms with Gasteiger partial charge in [0.05, 0.1) is 0 Å². The van der Waals surface area contributed by atoms with E-state index in [2.05, 4.69) is 13.8 Å². The number of halogens is 1. The van der Waals surface area contributed by atoms with E-state index in [4.69, 9.17) is 25.5 Å². The average Bonchev–Trinajstić information content (AvgIpc) is 2.64. The van der Waals surface area contributed by atoms with Crippen molar-refractivity contribution in [3.05, 3.63) is 74.6 Å². The van der Waals surface area contributed by atoms with Crippen LogP contribution in [0.5, 0.6) is 5.75 Å². The molecule has 0 aliphatic rings. The molecule has 0 spiro atoms. The van der Waals surface area contributed by atoms with Crippen LogP contribution in [-0.4, -0.2) is 12.6 Å². The van der Waals surface area contributed by atoms with Crippen LogP contribution < -0.4 is 10.4 Å². The van der Waals surface area contributed by atoms with Crippen molar-refractivity contribution in [1.29, 1.82) is 0 Å². The second kappa shape index (κ2) is 8.48. The molecule has 0 aliphatic carbocycles. The quantitative estimate of drug-likeness (QED) is 0.430. The van der Waals surface area contributed by atoms with Gasteiger partial charge >= 0.3 is 11.6 Å². The maximum Gasteiger partial charge on any atom is 0.344 e. The van der Waals surface area contributed by atoms with Gasteiger partial charge in [0, 0.05) is 22.0 Å². The molecule has 146 valence electrons. The lowest BCUT2D eigenvalue weighted by Gasteiger charge is -2.13. The van der Waals surface area contributed by atoms with Gasteiger partial charge in [0.25, 0.3) is 0 Å². The summed E-state index contributed by atoms with van der Waals surface area (Å²) in [6, 6.07) is 11.9. The van der Waals surface area contributed by atoms with Crippen LogP contribution in [0, 0.1) is 6.92 Å². The minimum atomic E-state index is -0.535. The Balaban J connectivity index is 1.74. The van der Waals surface area contributed by atoms with E-state index >= 15 is 0 Å². The Hall–Kier alpha value is -2.79. The van der Waals surface area contributed by atoms with Gasteiger partial charge in [0.1, 0.15) is 17.9 Å². The monoisotopic (exact) mass is 400 g/mol. The second-order valence-corrected chi connectivity index (χ2v) is 7.29. The molecule has 3 rings (SSSR count). The molecule has 2 aromatic carbocycles. The SMILES string of the molecule is Cc1cc2oc(=O)cc(COC(=O)COc3ccc(Cl)cc3)c2cc1C(C)C. The van der Waals surface area contributed by atoms with Gasteiger partial charge < -0.3 is 13.9 Å². The molecular weight excluding hydrogens is 380 g/mol. The predicted molar refractivity (Wildman–Crippen MR) is 108 cm³/mol. The normalized spacial score (nSPS) is 11.0. The fraction of sp³-hybridized carbons (Fsp3) is 0.273. The fourth-order valence-corrected chi connectivity index (χ4v) is 3.13. The first-order valence-corrected chi connectivity index (χ1v) is 9.32. The zero-order valence-corrected chi connectivity index (χ0v) is 16.7. The van der Waals surface area contributed by atoms with Gasteiger partial charge in [0.2, 0.25) is 0 Å². The van der Waals surface area contributed by atoms with Crippen molar-refractivity contribution in [2.75, 3.05) is 6.61 Å². The Morgan fingerprint density at radius 2 is 1.86 bits per heavy atom. The van der Waals surface area contributed by atoms with Crippen molar-refractivity contribution in [2.24, 2.45) is 0 Å². The summed E-state index contributed by atoms with van der Waals surface area (Å²) in [5.41, 5.74) is 2.81. The molecule has 0 fully saturated rings. The average molecular weight is 401 g/mol. The van der Waals surface area contributed by atoms with Gasteiger partial charge in [-0.25, -0.2) is 9.59 Å². The minimum absolute atomic E-state index is 0.0362. The zero-order valence-electron chi connectivity index (χ0n) is 16.0. The Bertz CT molecular complexity index is 1050. The van der Waals surface area contributed by atoms with E-state index in [1.165, 1.54) is 6.07 Å². The number of hydrogen-bond acceptors (Lipinski definition) is 5. The number of carbonyl (C=O) groups excluding carboxylic acids is 1. The number of esters is 1. The van der Waals surface area contributed by atoms with Crippen molar-refractivity contribution in [1.82, 2.24) is 0 Å². The molecule has 1 aromatic heterocycles. The predicted octanol–water partition coefficient (Wildman–Crippen LogP) is 5.00. The number of fused-ring (bicyclic) bond motifs is 1. The van der Waals surface area contributed by atoms with Crippen LogP contribution in [0.25, 0.3) is 11.0 Å². The maximum atomic E-state index is 12.0. The van der Waals surface area contributed by atoms with Crippen molar-refractivity contribution >= 4 is 28.5 Å². The molecule has 0 N–H and O–H groups in total. The Morgan fingerprint density at radius 3 is 2.54 bits per heavy atom. The number of carbonyl (C=O) groups is 1.